The molecular formula is C7H8BClO3S. The van der Waals surface area contributed by atoms with Crippen LogP contribution in [0.4, 0.5) is 0 Å². The minimum Gasteiger partial charge on any atom is -0.612 e. The number of halogens is 1. The van der Waals surface area contributed by atoms with Crippen molar-refractivity contribution in [3.63, 3.8) is 0 Å². The minimum absolute atomic E-state index is 0.188. The van der Waals surface area contributed by atoms with Crippen molar-refractivity contribution in [3.8, 4) is 0 Å². The van der Waals surface area contributed by atoms with E-state index in [2.05, 4.69) is 0 Å². The highest BCUT2D eigenvalue weighted by atomic mass is 35.5. The lowest BCUT2D eigenvalue weighted by Gasteiger charge is -2.09. The Morgan fingerprint density at radius 2 is 2.08 bits per heavy atom. The van der Waals surface area contributed by atoms with E-state index in [1.54, 1.807) is 6.07 Å². The van der Waals surface area contributed by atoms with Gasteiger partial charge in [-0.05, 0) is 29.4 Å². The molecular weight excluding hydrogens is 210 g/mol. The third-order valence-corrected chi connectivity index (χ3v) is 2.79. The van der Waals surface area contributed by atoms with Crippen LogP contribution in [-0.2, 0) is 11.2 Å². The fourth-order valence-corrected chi connectivity index (χ4v) is 1.92. The summed E-state index contributed by atoms with van der Waals surface area (Å²) in [5.41, 5.74) is 0.188. The molecule has 0 aliphatic rings. The average Bonchev–Trinajstić information content (AvgIpc) is 2.03. The van der Waals surface area contributed by atoms with E-state index in [0.29, 0.717) is 9.92 Å². The molecule has 0 fully saturated rings. The van der Waals surface area contributed by atoms with Gasteiger partial charge in [0, 0.05) is 10.5 Å². The predicted octanol–water partition coefficient (Wildman–Crippen LogP) is -0.243. The summed E-state index contributed by atoms with van der Waals surface area (Å²) in [6.45, 7) is 0. The van der Waals surface area contributed by atoms with Crippen LogP contribution in [-0.4, -0.2) is 28.0 Å². The Kier molecular flexibility index (Phi) is 3.64. The van der Waals surface area contributed by atoms with E-state index in [1.165, 1.54) is 18.4 Å². The standard InChI is InChI=1S/C7H8BClO3S/c1-13(12)7-3-2-5(9)4-6(7)8(10)11/h2-4,10-11H,1H3. The molecule has 0 saturated heterocycles. The van der Waals surface area contributed by atoms with Crippen molar-refractivity contribution in [2.45, 2.75) is 4.90 Å². The second-order valence-corrected chi connectivity index (χ2v) is 4.29. The van der Waals surface area contributed by atoms with Gasteiger partial charge >= 0.3 is 7.12 Å². The molecule has 0 radical (unpaired) electrons. The lowest BCUT2D eigenvalue weighted by atomic mass is 9.80. The monoisotopic (exact) mass is 218 g/mol. The van der Waals surface area contributed by atoms with E-state index in [0.717, 1.165) is 0 Å². The first-order valence-corrected chi connectivity index (χ1v) is 5.45. The molecule has 6 heteroatoms. The van der Waals surface area contributed by atoms with Crippen LogP contribution in [0.3, 0.4) is 0 Å². The fourth-order valence-electron chi connectivity index (χ4n) is 0.983. The van der Waals surface area contributed by atoms with Crippen molar-refractivity contribution in [1.29, 1.82) is 0 Å². The molecule has 13 heavy (non-hydrogen) atoms. The number of hydrogen-bond donors (Lipinski definition) is 2. The van der Waals surface area contributed by atoms with Crippen LogP contribution in [0, 0.1) is 0 Å². The molecule has 0 aliphatic heterocycles. The summed E-state index contributed by atoms with van der Waals surface area (Å²) in [6.07, 6.45) is 1.47. The van der Waals surface area contributed by atoms with Gasteiger partial charge in [-0.2, -0.15) is 0 Å². The summed E-state index contributed by atoms with van der Waals surface area (Å²) in [5, 5.41) is 18.3. The molecule has 1 rings (SSSR count). The first-order valence-electron chi connectivity index (χ1n) is 3.51. The molecule has 3 nitrogen and oxygen atoms in total. The molecule has 0 aromatic heterocycles. The van der Waals surface area contributed by atoms with Gasteiger partial charge in [-0.3, -0.25) is 0 Å². The maximum Gasteiger partial charge on any atom is 0.493 e. The average molecular weight is 218 g/mol. The maximum absolute atomic E-state index is 11.1. The number of rotatable bonds is 2. The molecule has 70 valence electrons. The van der Waals surface area contributed by atoms with Crippen LogP contribution < -0.4 is 5.46 Å². The van der Waals surface area contributed by atoms with Gasteiger partial charge in [-0.15, -0.1) is 0 Å². The van der Waals surface area contributed by atoms with Crippen molar-refractivity contribution in [2.75, 3.05) is 6.26 Å². The molecule has 0 spiro atoms. The highest BCUT2D eigenvalue weighted by Crippen LogP contribution is 2.12. The van der Waals surface area contributed by atoms with Gasteiger partial charge < -0.3 is 14.6 Å². The molecule has 1 aromatic rings. The highest BCUT2D eigenvalue weighted by Gasteiger charge is 2.21. The topological polar surface area (TPSA) is 63.5 Å². The van der Waals surface area contributed by atoms with Crippen LogP contribution in [0.2, 0.25) is 5.02 Å². The fraction of sp³-hybridized carbons (Fsp3) is 0.143. The quantitative estimate of drug-likeness (QED) is 0.532. The van der Waals surface area contributed by atoms with E-state index in [9.17, 15) is 4.55 Å². The summed E-state index contributed by atoms with van der Waals surface area (Å²) < 4.78 is 11.1. The molecule has 2 N–H and O–H groups in total. The lowest BCUT2D eigenvalue weighted by Crippen LogP contribution is -2.34. The van der Waals surface area contributed by atoms with Gasteiger partial charge in [-0.1, -0.05) is 11.6 Å². The summed E-state index contributed by atoms with van der Waals surface area (Å²) in [6, 6.07) is 4.47. The Morgan fingerprint density at radius 3 is 2.54 bits per heavy atom. The van der Waals surface area contributed by atoms with E-state index in [4.69, 9.17) is 21.6 Å². The molecule has 1 aromatic carbocycles. The largest absolute Gasteiger partial charge is 0.612 e. The third-order valence-electron chi connectivity index (χ3n) is 1.56. The van der Waals surface area contributed by atoms with Crippen molar-refractivity contribution in [2.24, 2.45) is 0 Å². The van der Waals surface area contributed by atoms with Crippen molar-refractivity contribution < 1.29 is 14.6 Å². The van der Waals surface area contributed by atoms with Gasteiger partial charge in [0.1, 0.15) is 6.26 Å². The molecule has 1 unspecified atom stereocenters. The summed E-state index contributed by atoms with van der Waals surface area (Å²) in [7, 11) is -1.64. The van der Waals surface area contributed by atoms with Gasteiger partial charge in [-0.25, -0.2) is 0 Å². The molecule has 0 amide bonds. The Balaban J connectivity index is 3.19. The lowest BCUT2D eigenvalue weighted by molar-refractivity contribution is 0.424. The number of hydrogen-bond acceptors (Lipinski definition) is 3. The zero-order chi connectivity index (χ0) is 10.0. The second kappa shape index (κ2) is 4.35. The Hall–Kier alpha value is -0.195. The SMILES string of the molecule is C[S+]([O-])c1ccc(Cl)cc1B(O)O. The number of benzene rings is 1. The van der Waals surface area contributed by atoms with Crippen LogP contribution >= 0.6 is 11.6 Å². The van der Waals surface area contributed by atoms with E-state index >= 15 is 0 Å². The minimum atomic E-state index is -1.64. The van der Waals surface area contributed by atoms with Crippen LogP contribution in [0.25, 0.3) is 0 Å². The van der Waals surface area contributed by atoms with Crippen LogP contribution in [0.5, 0.6) is 0 Å². The summed E-state index contributed by atoms with van der Waals surface area (Å²) in [4.78, 5) is 0.388. The zero-order valence-electron chi connectivity index (χ0n) is 6.90. The Morgan fingerprint density at radius 1 is 1.46 bits per heavy atom. The highest BCUT2D eigenvalue weighted by molar-refractivity contribution is 7.91. The van der Waals surface area contributed by atoms with E-state index in [1.807, 2.05) is 0 Å². The van der Waals surface area contributed by atoms with E-state index in [-0.39, 0.29) is 5.46 Å². The van der Waals surface area contributed by atoms with Gasteiger partial charge in [0.15, 0.2) is 4.90 Å². The first-order chi connectivity index (χ1) is 6.02. The van der Waals surface area contributed by atoms with Gasteiger partial charge in [0.2, 0.25) is 0 Å². The summed E-state index contributed by atoms with van der Waals surface area (Å²) >= 11 is 4.40. The predicted molar refractivity (Wildman–Crippen MR) is 53.6 cm³/mol. The molecule has 0 aliphatic carbocycles. The molecule has 0 heterocycles. The van der Waals surface area contributed by atoms with Crippen LogP contribution in [0.1, 0.15) is 0 Å². The van der Waals surface area contributed by atoms with Crippen molar-refractivity contribution >= 4 is 35.4 Å². The normalized spacial score (nSPS) is 12.7. The van der Waals surface area contributed by atoms with Gasteiger partial charge in [0.25, 0.3) is 0 Å². The van der Waals surface area contributed by atoms with E-state index < -0.39 is 18.3 Å². The van der Waals surface area contributed by atoms with Crippen molar-refractivity contribution in [3.05, 3.63) is 23.2 Å². The molecule has 0 bridgehead atoms. The van der Waals surface area contributed by atoms with Crippen LogP contribution in [0.15, 0.2) is 23.1 Å². The molecule has 0 saturated carbocycles. The molecule has 1 atom stereocenters. The van der Waals surface area contributed by atoms with Crippen molar-refractivity contribution in [1.82, 2.24) is 0 Å². The Labute approximate surface area is 84.7 Å². The second-order valence-electron chi connectivity index (χ2n) is 2.51. The third kappa shape index (κ3) is 2.62. The zero-order valence-corrected chi connectivity index (χ0v) is 8.47. The maximum atomic E-state index is 11.1. The van der Waals surface area contributed by atoms with Gasteiger partial charge in [0.05, 0.1) is 0 Å². The smallest absolute Gasteiger partial charge is 0.493 e. The summed E-state index contributed by atoms with van der Waals surface area (Å²) in [5.74, 6) is 0. The Bertz CT molecular complexity index is 306. The first kappa shape index (κ1) is 10.9.